The van der Waals surface area contributed by atoms with Crippen LogP contribution < -0.4 is 4.74 Å². The van der Waals surface area contributed by atoms with Crippen molar-refractivity contribution in [2.24, 2.45) is 11.8 Å². The van der Waals surface area contributed by atoms with Crippen molar-refractivity contribution >= 4 is 23.5 Å². The van der Waals surface area contributed by atoms with E-state index in [1.807, 2.05) is 24.3 Å². The predicted octanol–water partition coefficient (Wildman–Crippen LogP) is 5.54. The van der Waals surface area contributed by atoms with Gasteiger partial charge < -0.3 is 14.4 Å². The topological polar surface area (TPSA) is 59.1 Å². The number of nitrogens with zero attached hydrogens (tertiary/aromatic N) is 2. The van der Waals surface area contributed by atoms with Gasteiger partial charge in [0.2, 0.25) is 0 Å². The Labute approximate surface area is 222 Å². The molecule has 0 spiro atoms. The van der Waals surface area contributed by atoms with Crippen LogP contribution in [0.3, 0.4) is 0 Å². The summed E-state index contributed by atoms with van der Waals surface area (Å²) in [5.41, 5.74) is 1.06. The number of hydrogen-bond acceptors (Lipinski definition) is 5. The lowest BCUT2D eigenvalue weighted by atomic mass is 9.89. The number of amides is 1. The number of likely N-dealkylation sites (N-methyl/N-ethyl adjacent to an activating group) is 1. The molecular weight excluding hydrogens is 495 g/mol. The largest absolute Gasteiger partial charge is 0.415 e. The molecule has 1 aliphatic carbocycles. The Kier molecular flexibility index (Phi) is 8.12. The minimum Gasteiger partial charge on any atom is -0.410 e. The molecule has 3 aliphatic rings. The summed E-state index contributed by atoms with van der Waals surface area (Å²) in [5, 5.41) is 0.647. The maximum atomic E-state index is 13.7. The van der Waals surface area contributed by atoms with Crippen LogP contribution in [0.2, 0.25) is 5.02 Å². The van der Waals surface area contributed by atoms with Gasteiger partial charge in [0, 0.05) is 61.7 Å². The highest BCUT2D eigenvalue weighted by molar-refractivity contribution is 6.30. The van der Waals surface area contributed by atoms with Gasteiger partial charge in [0.15, 0.2) is 0 Å². The van der Waals surface area contributed by atoms with E-state index in [0.29, 0.717) is 29.7 Å². The van der Waals surface area contributed by atoms with Gasteiger partial charge in [-0.25, -0.2) is 9.18 Å². The molecule has 2 aromatic rings. The third-order valence-electron chi connectivity index (χ3n) is 8.36. The highest BCUT2D eigenvalue weighted by Gasteiger charge is 2.45. The van der Waals surface area contributed by atoms with Crippen LogP contribution in [0, 0.1) is 17.7 Å². The van der Waals surface area contributed by atoms with Gasteiger partial charge in [-0.05, 0) is 80.6 Å². The average Bonchev–Trinajstić information content (AvgIpc) is 3.59. The third kappa shape index (κ3) is 6.00. The third-order valence-corrected chi connectivity index (χ3v) is 8.61. The van der Waals surface area contributed by atoms with E-state index in [0.717, 1.165) is 51.1 Å². The summed E-state index contributed by atoms with van der Waals surface area (Å²) < 4.78 is 24.3. The fourth-order valence-corrected chi connectivity index (χ4v) is 6.42. The molecule has 37 heavy (non-hydrogen) atoms. The normalized spacial score (nSPS) is 26.8. The molecule has 2 heterocycles. The van der Waals surface area contributed by atoms with E-state index in [-0.39, 0.29) is 29.5 Å². The molecule has 2 aliphatic heterocycles. The number of Topliss-reactive ketones (excluding diaryl/α,β-unsaturated/α-hetero) is 1. The first-order valence-corrected chi connectivity index (χ1v) is 13.6. The Hall–Kier alpha value is -2.48. The van der Waals surface area contributed by atoms with E-state index < -0.39 is 11.9 Å². The van der Waals surface area contributed by atoms with Gasteiger partial charge in [0.05, 0.1) is 0 Å². The first kappa shape index (κ1) is 26.1. The number of carbonyl (C=O) groups excluding carboxylic acids is 2. The van der Waals surface area contributed by atoms with Gasteiger partial charge in [0.1, 0.15) is 17.3 Å². The molecular formula is C29H34ClFN2O4. The van der Waals surface area contributed by atoms with Gasteiger partial charge in [-0.3, -0.25) is 9.69 Å². The molecule has 1 amide bonds. The lowest BCUT2D eigenvalue weighted by Crippen LogP contribution is -2.40. The van der Waals surface area contributed by atoms with Gasteiger partial charge in [-0.2, -0.15) is 0 Å². The Morgan fingerprint density at radius 3 is 2.41 bits per heavy atom. The monoisotopic (exact) mass is 528 g/mol. The summed E-state index contributed by atoms with van der Waals surface area (Å²) >= 11 is 6.13. The van der Waals surface area contributed by atoms with Crippen LogP contribution >= 0.6 is 11.6 Å². The van der Waals surface area contributed by atoms with E-state index in [9.17, 15) is 14.0 Å². The molecule has 2 aromatic carbocycles. The van der Waals surface area contributed by atoms with Crippen LogP contribution in [0.1, 0.15) is 43.6 Å². The molecule has 6 nitrogen and oxygen atoms in total. The molecule has 1 saturated carbocycles. The molecule has 8 heteroatoms. The lowest BCUT2D eigenvalue weighted by molar-refractivity contribution is -0.126. The second kappa shape index (κ2) is 11.5. The van der Waals surface area contributed by atoms with Crippen LogP contribution in [0.25, 0.3) is 0 Å². The second-order valence-corrected chi connectivity index (χ2v) is 11.0. The Balaban J connectivity index is 1.29. The van der Waals surface area contributed by atoms with E-state index >= 15 is 0 Å². The minimum atomic E-state index is -0.518. The zero-order chi connectivity index (χ0) is 25.9. The van der Waals surface area contributed by atoms with E-state index in [4.69, 9.17) is 21.1 Å². The second-order valence-electron chi connectivity index (χ2n) is 10.6. The summed E-state index contributed by atoms with van der Waals surface area (Å²) in [6.45, 7) is 3.38. The molecule has 0 N–H and O–H groups in total. The lowest BCUT2D eigenvalue weighted by Gasteiger charge is -2.31. The number of ketones is 1. The number of likely N-dealkylation sites (tertiary alicyclic amines) is 1. The van der Waals surface area contributed by atoms with Crippen LogP contribution in [-0.2, 0) is 9.53 Å². The van der Waals surface area contributed by atoms with Crippen molar-refractivity contribution in [3.63, 3.8) is 0 Å². The maximum absolute atomic E-state index is 13.7. The summed E-state index contributed by atoms with van der Waals surface area (Å²) in [4.78, 5) is 30.8. The number of ether oxygens (including phenoxy) is 2. The molecule has 3 fully saturated rings. The highest BCUT2D eigenvalue weighted by Crippen LogP contribution is 2.43. The molecule has 4 atom stereocenters. The first-order valence-electron chi connectivity index (χ1n) is 13.2. The molecule has 5 rings (SSSR count). The van der Waals surface area contributed by atoms with Crippen LogP contribution in [-0.4, -0.2) is 67.1 Å². The quantitative estimate of drug-likeness (QED) is 0.492. The molecule has 0 radical (unpaired) electrons. The molecule has 2 unspecified atom stereocenters. The molecule has 0 bridgehead atoms. The standard InChI is InChI=1S/C29H34ClFN2O4/c1-32(29(35)37-25-8-6-23(31)7-9-25)27-17-21(16-26(27)19-2-4-22(30)5-3-19)28(34)20-10-13-33(18-20)24-11-14-36-15-12-24/h2-9,20-21,24,26-27H,10-18H2,1H3/t20?,21?,26-,27+/m0/s1. The van der Waals surface area contributed by atoms with Crippen LogP contribution in [0.15, 0.2) is 48.5 Å². The average molecular weight is 529 g/mol. The van der Waals surface area contributed by atoms with Crippen molar-refractivity contribution in [2.45, 2.75) is 50.1 Å². The van der Waals surface area contributed by atoms with E-state index in [1.54, 1.807) is 11.9 Å². The fourth-order valence-electron chi connectivity index (χ4n) is 6.29. The number of halogens is 2. The summed E-state index contributed by atoms with van der Waals surface area (Å²) in [6, 6.07) is 13.4. The zero-order valence-electron chi connectivity index (χ0n) is 21.2. The van der Waals surface area contributed by atoms with Crippen molar-refractivity contribution in [2.75, 3.05) is 33.4 Å². The number of rotatable bonds is 6. The van der Waals surface area contributed by atoms with Gasteiger partial charge in [0.25, 0.3) is 0 Å². The minimum absolute atomic E-state index is 0.00927. The fraction of sp³-hybridized carbons (Fsp3) is 0.517. The van der Waals surface area contributed by atoms with Gasteiger partial charge in [-0.1, -0.05) is 23.7 Å². The van der Waals surface area contributed by atoms with Crippen molar-refractivity contribution in [3.05, 3.63) is 64.9 Å². The number of carbonyl (C=O) groups is 2. The van der Waals surface area contributed by atoms with Crippen molar-refractivity contribution in [3.8, 4) is 5.75 Å². The van der Waals surface area contributed by atoms with Crippen molar-refractivity contribution in [1.29, 1.82) is 0 Å². The molecule has 198 valence electrons. The van der Waals surface area contributed by atoms with Gasteiger partial charge in [-0.15, -0.1) is 0 Å². The van der Waals surface area contributed by atoms with Crippen molar-refractivity contribution in [1.82, 2.24) is 9.80 Å². The highest BCUT2D eigenvalue weighted by atomic mass is 35.5. The van der Waals surface area contributed by atoms with Crippen LogP contribution in [0.5, 0.6) is 5.75 Å². The first-order chi connectivity index (χ1) is 17.9. The van der Waals surface area contributed by atoms with Crippen molar-refractivity contribution < 1.29 is 23.5 Å². The summed E-state index contributed by atoms with van der Waals surface area (Å²) in [6.07, 6.45) is 3.72. The predicted molar refractivity (Wildman–Crippen MR) is 139 cm³/mol. The Morgan fingerprint density at radius 1 is 1.00 bits per heavy atom. The molecule has 2 saturated heterocycles. The summed E-state index contributed by atoms with van der Waals surface area (Å²) in [5.74, 6) is 0.114. The van der Waals surface area contributed by atoms with Crippen LogP contribution in [0.4, 0.5) is 9.18 Å². The Morgan fingerprint density at radius 2 is 1.70 bits per heavy atom. The number of hydrogen-bond donors (Lipinski definition) is 0. The zero-order valence-corrected chi connectivity index (χ0v) is 21.9. The maximum Gasteiger partial charge on any atom is 0.415 e. The van der Waals surface area contributed by atoms with E-state index in [2.05, 4.69) is 4.90 Å². The smallest absolute Gasteiger partial charge is 0.410 e. The number of benzene rings is 2. The SMILES string of the molecule is CN(C(=O)Oc1ccc(F)cc1)[C@@H]1CC(C(=O)C2CCN(C3CCOCC3)C2)C[C@H]1c1ccc(Cl)cc1. The Bertz CT molecular complexity index is 1090. The summed E-state index contributed by atoms with van der Waals surface area (Å²) in [7, 11) is 1.72. The molecule has 0 aromatic heterocycles. The van der Waals surface area contributed by atoms with Gasteiger partial charge >= 0.3 is 6.09 Å². The van der Waals surface area contributed by atoms with E-state index in [1.165, 1.54) is 24.3 Å².